The largest absolute Gasteiger partial charge is 0.473 e. The van der Waals surface area contributed by atoms with Crippen LogP contribution in [-0.2, 0) is 53.4 Å². The monoisotopic (exact) mass is 1310 g/mol. The van der Waals surface area contributed by atoms with E-state index in [1.807, 2.05) is 62.3 Å². The summed E-state index contributed by atoms with van der Waals surface area (Å²) < 4.78 is 63.3. The molecule has 3 fully saturated rings. The molecule has 9 rings (SSSR count). The van der Waals surface area contributed by atoms with Gasteiger partial charge in [-0.2, -0.15) is 15.0 Å². The summed E-state index contributed by atoms with van der Waals surface area (Å²) in [5, 5.41) is 33.1. The number of rotatable bonds is 13. The van der Waals surface area contributed by atoms with E-state index in [1.165, 1.54) is 28.1 Å². The lowest BCUT2D eigenvalue weighted by molar-refractivity contribution is -0.117. The first kappa shape index (κ1) is 71.3. The summed E-state index contributed by atoms with van der Waals surface area (Å²) in [6, 6.07) is 0. The minimum Gasteiger partial charge on any atom is -0.386 e. The zero-order chi connectivity index (χ0) is 66.9. The zero-order valence-corrected chi connectivity index (χ0v) is 56.1. The fourth-order valence-electron chi connectivity index (χ4n) is 10.4. The number of hydrogen-bond donors (Lipinski definition) is 11. The third-order valence-electron chi connectivity index (χ3n) is 13.3. The number of aromatic nitrogens is 12. The van der Waals surface area contributed by atoms with Crippen LogP contribution in [0.25, 0.3) is 33.5 Å². The van der Waals surface area contributed by atoms with Crippen LogP contribution in [0.5, 0.6) is 0 Å². The van der Waals surface area contributed by atoms with Crippen molar-refractivity contribution in [3.8, 4) is 0 Å². The topological polar surface area (TPSA) is 461 Å². The summed E-state index contributed by atoms with van der Waals surface area (Å²) >= 11 is 5.19. The molecule has 0 radical (unpaired) electrons. The van der Waals surface area contributed by atoms with E-state index in [4.69, 9.17) is 66.1 Å². The van der Waals surface area contributed by atoms with Gasteiger partial charge in [0.15, 0.2) is 52.2 Å². The molecule has 89 heavy (non-hydrogen) atoms. The van der Waals surface area contributed by atoms with E-state index in [0.717, 1.165) is 0 Å². The Hall–Kier alpha value is -5.19. The van der Waals surface area contributed by atoms with Gasteiger partial charge in [0, 0.05) is 0 Å². The molecule has 3 saturated heterocycles. The maximum absolute atomic E-state index is 12.6. The van der Waals surface area contributed by atoms with Gasteiger partial charge in [-0.05, 0) is 110 Å². The fourth-order valence-corrected chi connectivity index (χ4v) is 14.0. The van der Waals surface area contributed by atoms with Crippen LogP contribution in [0.2, 0.25) is 0 Å². The quantitative estimate of drug-likeness (QED) is 0.0671. The number of phosphoric acid groups is 1. The first-order valence-electron chi connectivity index (χ1n) is 28.8. The molecule has 0 aromatic carbocycles. The number of ether oxygens (including phenoxy) is 4. The first-order valence-corrected chi connectivity index (χ1v) is 32.9. The van der Waals surface area contributed by atoms with Crippen molar-refractivity contribution in [2.45, 2.75) is 234 Å². The molecule has 32 nitrogen and oxygen atoms in total. The molecule has 6 aromatic rings. The SMILES string of the molecule is CC(C)(C)C[C@H]1O[C@@H](n2cnc3c(=O)[nH]c(N)nc32)[C@@H](O)C1OC(C)(C)C.CC(C)(C)C[C@H]1O[C@@H](n2cnc3c(=O)[nH]c(N)nc32)[C@@H](O)C1OP(=O)(O)OC(C)(C)C.CC(C)(C)C[C@H]1O[C@@H](n2cnc3c(=O)[nH]c(N)nc32)[C@@H](O)C1OP(O)(=S)OC(C)(C)C. The van der Waals surface area contributed by atoms with E-state index in [1.54, 1.807) is 46.1 Å². The zero-order valence-electron chi connectivity index (χ0n) is 53.5. The Balaban J connectivity index is 0.000000191. The van der Waals surface area contributed by atoms with Crippen LogP contribution in [-0.4, -0.2) is 155 Å². The molecule has 0 aliphatic carbocycles. The number of aliphatic hydroxyl groups excluding tert-OH is 3. The Labute approximate surface area is 518 Å². The van der Waals surface area contributed by atoms with Crippen molar-refractivity contribution in [2.75, 3.05) is 17.2 Å². The molecule has 14 N–H and O–H groups in total. The van der Waals surface area contributed by atoms with Gasteiger partial charge in [0.05, 0.1) is 54.1 Å². The predicted octanol–water partition coefficient (Wildman–Crippen LogP) is 5.09. The Kier molecular flexibility index (Phi) is 20.6. The highest BCUT2D eigenvalue weighted by Gasteiger charge is 2.53. The molecule has 5 unspecified atom stereocenters. The minimum absolute atomic E-state index is 0.0181. The third kappa shape index (κ3) is 18.3. The maximum Gasteiger partial charge on any atom is 0.473 e. The highest BCUT2D eigenvalue weighted by Crippen LogP contribution is 2.54. The first-order chi connectivity index (χ1) is 40.5. The number of nitrogens with two attached hydrogens (primary N) is 3. The van der Waals surface area contributed by atoms with Gasteiger partial charge < -0.3 is 65.8 Å². The highest BCUT2D eigenvalue weighted by molar-refractivity contribution is 8.07. The van der Waals surface area contributed by atoms with Crippen molar-refractivity contribution in [2.24, 2.45) is 16.2 Å². The lowest BCUT2D eigenvalue weighted by atomic mass is 9.87. The molecule has 3 aliphatic heterocycles. The van der Waals surface area contributed by atoms with E-state index < -0.39 is 116 Å². The second-order valence-electron chi connectivity index (χ2n) is 29.0. The van der Waals surface area contributed by atoms with Crippen LogP contribution >= 0.6 is 14.5 Å². The molecule has 0 saturated carbocycles. The second-order valence-corrected chi connectivity index (χ2v) is 33.0. The number of H-pyrrole nitrogens is 3. The lowest BCUT2D eigenvalue weighted by Crippen LogP contribution is -2.41. The minimum atomic E-state index is -4.53. The molecule has 0 spiro atoms. The molecular formula is C54H89N15O17P2S. The van der Waals surface area contributed by atoms with Crippen LogP contribution in [0.3, 0.4) is 0 Å². The number of nitrogens with zero attached hydrogens (tertiary/aromatic N) is 9. The van der Waals surface area contributed by atoms with Gasteiger partial charge in [-0.3, -0.25) is 56.6 Å². The molecule has 0 bridgehead atoms. The van der Waals surface area contributed by atoms with Gasteiger partial charge in [0.1, 0.15) is 36.6 Å². The van der Waals surface area contributed by atoms with Crippen LogP contribution in [0.1, 0.15) is 163 Å². The van der Waals surface area contributed by atoms with E-state index in [2.05, 4.69) is 65.6 Å². The Morgan fingerprint density at radius 2 is 0.798 bits per heavy atom. The molecule has 14 atom stereocenters. The summed E-state index contributed by atoms with van der Waals surface area (Å²) in [6.07, 6.45) is -5.09. The fraction of sp³-hybridized carbons (Fsp3) is 0.722. The van der Waals surface area contributed by atoms with Gasteiger partial charge in [-0.1, -0.05) is 62.3 Å². The number of nitrogens with one attached hydrogen (secondary N) is 3. The van der Waals surface area contributed by atoms with E-state index >= 15 is 0 Å². The molecule has 35 heteroatoms. The maximum atomic E-state index is 12.6. The van der Waals surface area contributed by atoms with Crippen molar-refractivity contribution in [1.29, 1.82) is 0 Å². The van der Waals surface area contributed by atoms with Gasteiger partial charge in [-0.25, -0.2) is 19.5 Å². The molecule has 498 valence electrons. The number of nitrogen functional groups attached to an aromatic ring is 3. The molecule has 0 amide bonds. The smallest absolute Gasteiger partial charge is 0.386 e. The van der Waals surface area contributed by atoms with Gasteiger partial charge in [0.2, 0.25) is 17.8 Å². The summed E-state index contributed by atoms with van der Waals surface area (Å²) in [5.41, 5.74) is 13.7. The number of anilines is 3. The average molecular weight is 1310 g/mol. The van der Waals surface area contributed by atoms with Gasteiger partial charge in [0.25, 0.3) is 16.7 Å². The number of phosphoric ester groups is 1. The van der Waals surface area contributed by atoms with Crippen LogP contribution in [0, 0.1) is 16.2 Å². The lowest BCUT2D eigenvalue weighted by Gasteiger charge is -2.32. The van der Waals surface area contributed by atoms with Crippen LogP contribution in [0.15, 0.2) is 33.4 Å². The summed E-state index contributed by atoms with van der Waals surface area (Å²) in [5.74, 6) is -0.227. The van der Waals surface area contributed by atoms with Crippen molar-refractivity contribution in [3.05, 3.63) is 50.0 Å². The summed E-state index contributed by atoms with van der Waals surface area (Å²) in [4.78, 5) is 88.8. The number of aliphatic hydroxyl groups is 3. The van der Waals surface area contributed by atoms with Crippen LogP contribution < -0.4 is 33.9 Å². The highest BCUT2D eigenvalue weighted by atomic mass is 32.5. The summed E-state index contributed by atoms with van der Waals surface area (Å²) in [6.45, 7) is 30.5. The van der Waals surface area contributed by atoms with Crippen LogP contribution in [0.4, 0.5) is 17.8 Å². The normalized spacial score (nSPS) is 26.9. The Bertz CT molecular complexity index is 3590. The van der Waals surface area contributed by atoms with Gasteiger partial charge >= 0.3 is 14.5 Å². The Morgan fingerprint density at radius 3 is 1.09 bits per heavy atom. The predicted molar refractivity (Wildman–Crippen MR) is 332 cm³/mol. The van der Waals surface area contributed by atoms with E-state index in [-0.39, 0.29) is 73.7 Å². The number of fused-ring (bicyclic) bond motifs is 3. The van der Waals surface area contributed by atoms with Crippen molar-refractivity contribution < 1.29 is 66.7 Å². The number of imidazole rings is 3. The second kappa shape index (κ2) is 25.7. The standard InChI is InChI=1S/C18H30N5O7P.C18H30N5O6PS.C18H29N5O4/c1-17(2,3)7-9-12(29-31(26,27)30-18(4,5)6)11(24)15(28-9)23-8-20-10-13(23)21-16(19)22-14(10)25;1-17(2,3)7-9-12(28-30(26,31)29-18(4,5)6)11(24)15(27-9)23-8-20-10-13(23)21-16(19)22-14(10)25;1-17(2,3)7-9-12(27-18(4,5)6)11(24)15(26-9)23-8-20-10-13(23)21-16(19)22-14(10)25/h8-9,11-12,15,24H,7H2,1-6H3,(H,26,27)(H3,19,21,22,25);8-9,11-12,15,24H,7H2,1-6H3,(H,26,31)(H3,19,21,22,25);8-9,11-12,15,24H,7H2,1-6H3,(H3,19,21,22,25)/t9-,11+,12?,15-;9-,11+,12?,15-,30?;9-,11+,12?,15-/m111/s1. The van der Waals surface area contributed by atoms with Crippen molar-refractivity contribution in [3.63, 3.8) is 0 Å². The van der Waals surface area contributed by atoms with E-state index in [0.29, 0.717) is 19.3 Å². The van der Waals surface area contributed by atoms with E-state index in [9.17, 15) is 44.1 Å². The van der Waals surface area contributed by atoms with Crippen molar-refractivity contribution in [1.82, 2.24) is 58.6 Å². The summed E-state index contributed by atoms with van der Waals surface area (Å²) in [7, 11) is -4.53. The molecule has 9 heterocycles. The number of hydrogen-bond acceptors (Lipinski definition) is 25. The number of aromatic amines is 3. The molecular weight excluding hydrogens is 1220 g/mol. The average Bonchev–Trinajstić information content (AvgIpc) is 2.59. The van der Waals surface area contributed by atoms with Crippen molar-refractivity contribution >= 4 is 77.7 Å². The Morgan fingerprint density at radius 1 is 0.506 bits per heavy atom. The molecule has 6 aromatic heterocycles. The molecule has 3 aliphatic rings. The van der Waals surface area contributed by atoms with Gasteiger partial charge in [-0.15, -0.1) is 0 Å². The third-order valence-corrected chi connectivity index (χ3v) is 16.4.